The number of thioether (sulfide) groups is 1. The van der Waals surface area contributed by atoms with Gasteiger partial charge in [0.2, 0.25) is 6.10 Å². The lowest BCUT2D eigenvalue weighted by atomic mass is 10.1. The lowest BCUT2D eigenvalue weighted by Crippen LogP contribution is -2.29. The number of hydrogen-bond acceptors (Lipinski definition) is 6. The number of benzene rings is 1. The van der Waals surface area contributed by atoms with Gasteiger partial charge < -0.3 is 14.8 Å². The summed E-state index contributed by atoms with van der Waals surface area (Å²) in [6, 6.07) is 2.20. The standard InChI is InChI=1S/C16H18F2N2O4S/c1-23-15(21)12-8-20(16(22)24-12)9-5-10(17)14(11(18)6-9)13-7-19-3-2-4-25-13/h5-6,12-13,19H,2-4,7-8H2,1H3. The van der Waals surface area contributed by atoms with E-state index in [4.69, 9.17) is 4.74 Å². The van der Waals surface area contributed by atoms with Gasteiger partial charge in [-0.2, -0.15) is 11.8 Å². The third-order valence-corrected chi connectivity index (χ3v) is 5.45. The molecule has 0 aliphatic carbocycles. The van der Waals surface area contributed by atoms with E-state index in [1.807, 2.05) is 0 Å². The maximum atomic E-state index is 14.6. The highest BCUT2D eigenvalue weighted by Crippen LogP contribution is 2.36. The van der Waals surface area contributed by atoms with Crippen molar-refractivity contribution in [2.75, 3.05) is 37.4 Å². The number of amides is 1. The van der Waals surface area contributed by atoms with Crippen molar-refractivity contribution in [2.24, 2.45) is 0 Å². The summed E-state index contributed by atoms with van der Waals surface area (Å²) < 4.78 is 38.6. The smallest absolute Gasteiger partial charge is 0.415 e. The van der Waals surface area contributed by atoms with Crippen LogP contribution in [0.25, 0.3) is 0 Å². The average Bonchev–Trinajstić information content (AvgIpc) is 2.79. The summed E-state index contributed by atoms with van der Waals surface area (Å²) in [4.78, 5) is 24.4. The first-order valence-electron chi connectivity index (χ1n) is 7.88. The van der Waals surface area contributed by atoms with E-state index in [-0.39, 0.29) is 23.0 Å². The lowest BCUT2D eigenvalue weighted by Gasteiger charge is -2.19. The van der Waals surface area contributed by atoms with Gasteiger partial charge in [-0.15, -0.1) is 0 Å². The summed E-state index contributed by atoms with van der Waals surface area (Å²) in [7, 11) is 1.17. The van der Waals surface area contributed by atoms with Crippen LogP contribution in [0.5, 0.6) is 0 Å². The first kappa shape index (κ1) is 17.9. The Kier molecular flexibility index (Phi) is 5.43. The van der Waals surface area contributed by atoms with E-state index < -0.39 is 29.8 Å². The fourth-order valence-electron chi connectivity index (χ4n) is 2.86. The Labute approximate surface area is 147 Å². The average molecular weight is 372 g/mol. The number of cyclic esters (lactones) is 1. The quantitative estimate of drug-likeness (QED) is 0.821. The van der Waals surface area contributed by atoms with E-state index in [0.29, 0.717) is 6.54 Å². The number of rotatable bonds is 3. The fraction of sp³-hybridized carbons (Fsp3) is 0.500. The Bertz CT molecular complexity index is 657. The molecule has 2 fully saturated rings. The number of methoxy groups -OCH3 is 1. The molecule has 2 aliphatic heterocycles. The minimum atomic E-state index is -1.11. The van der Waals surface area contributed by atoms with Gasteiger partial charge in [-0.3, -0.25) is 4.90 Å². The van der Waals surface area contributed by atoms with Crippen molar-refractivity contribution < 1.29 is 27.8 Å². The summed E-state index contributed by atoms with van der Waals surface area (Å²) in [6.45, 7) is 1.15. The summed E-state index contributed by atoms with van der Waals surface area (Å²) in [5, 5.41) is 2.83. The van der Waals surface area contributed by atoms with Crippen molar-refractivity contribution in [2.45, 2.75) is 17.8 Å². The van der Waals surface area contributed by atoms with Gasteiger partial charge in [0, 0.05) is 17.4 Å². The van der Waals surface area contributed by atoms with E-state index in [1.54, 1.807) is 0 Å². The van der Waals surface area contributed by atoms with Crippen LogP contribution in [0.1, 0.15) is 17.2 Å². The second-order valence-electron chi connectivity index (χ2n) is 5.75. The van der Waals surface area contributed by atoms with Crippen LogP contribution in [-0.4, -0.2) is 50.7 Å². The minimum Gasteiger partial charge on any atom is -0.466 e. The molecule has 2 unspecified atom stereocenters. The molecule has 2 aliphatic rings. The van der Waals surface area contributed by atoms with E-state index in [1.165, 1.54) is 18.9 Å². The van der Waals surface area contributed by atoms with Crippen LogP contribution in [0, 0.1) is 11.6 Å². The zero-order valence-corrected chi connectivity index (χ0v) is 14.4. The Morgan fingerprint density at radius 2 is 2.12 bits per heavy atom. The van der Waals surface area contributed by atoms with E-state index in [2.05, 4.69) is 10.1 Å². The van der Waals surface area contributed by atoms with Gasteiger partial charge in [-0.25, -0.2) is 18.4 Å². The van der Waals surface area contributed by atoms with Gasteiger partial charge in [0.25, 0.3) is 0 Å². The summed E-state index contributed by atoms with van der Waals surface area (Å²) in [5.41, 5.74) is 0.0157. The summed E-state index contributed by atoms with van der Waals surface area (Å²) in [5.74, 6) is -1.33. The van der Waals surface area contributed by atoms with Crippen LogP contribution < -0.4 is 10.2 Å². The molecule has 1 aromatic carbocycles. The number of nitrogens with zero attached hydrogens (tertiary/aromatic N) is 1. The Morgan fingerprint density at radius 3 is 2.80 bits per heavy atom. The number of esters is 1. The zero-order chi connectivity index (χ0) is 18.0. The molecule has 0 aromatic heterocycles. The number of carbonyl (C=O) groups excluding carboxylic acids is 2. The molecule has 0 bridgehead atoms. The van der Waals surface area contributed by atoms with Crippen molar-refractivity contribution in [1.82, 2.24) is 5.32 Å². The minimum absolute atomic E-state index is 0.000215. The topological polar surface area (TPSA) is 67.9 Å². The van der Waals surface area contributed by atoms with E-state index in [9.17, 15) is 18.4 Å². The second-order valence-corrected chi connectivity index (χ2v) is 7.06. The molecule has 1 N–H and O–H groups in total. The molecule has 2 heterocycles. The fourth-order valence-corrected chi connectivity index (χ4v) is 4.09. The highest BCUT2D eigenvalue weighted by molar-refractivity contribution is 7.99. The highest BCUT2D eigenvalue weighted by Gasteiger charge is 2.38. The van der Waals surface area contributed by atoms with Crippen LogP contribution in [0.2, 0.25) is 0 Å². The third kappa shape index (κ3) is 3.72. The number of carbonyl (C=O) groups is 2. The molecule has 1 aromatic rings. The van der Waals surface area contributed by atoms with Crippen LogP contribution in [0.3, 0.4) is 0 Å². The molecule has 9 heteroatoms. The van der Waals surface area contributed by atoms with Crippen molar-refractivity contribution in [3.8, 4) is 0 Å². The van der Waals surface area contributed by atoms with Gasteiger partial charge in [-0.05, 0) is 30.9 Å². The van der Waals surface area contributed by atoms with Crippen molar-refractivity contribution in [3.05, 3.63) is 29.3 Å². The van der Waals surface area contributed by atoms with Crippen molar-refractivity contribution >= 4 is 29.5 Å². The van der Waals surface area contributed by atoms with Crippen LogP contribution in [0.4, 0.5) is 19.3 Å². The van der Waals surface area contributed by atoms with Gasteiger partial charge in [0.1, 0.15) is 11.6 Å². The molecule has 3 rings (SSSR count). The third-order valence-electron chi connectivity index (χ3n) is 4.12. The highest BCUT2D eigenvalue weighted by atomic mass is 32.2. The number of hydrogen-bond donors (Lipinski definition) is 1. The largest absolute Gasteiger partial charge is 0.466 e. The van der Waals surface area contributed by atoms with Crippen molar-refractivity contribution in [3.63, 3.8) is 0 Å². The maximum absolute atomic E-state index is 14.6. The second kappa shape index (κ2) is 7.57. The molecule has 1 amide bonds. The molecule has 25 heavy (non-hydrogen) atoms. The first-order valence-corrected chi connectivity index (χ1v) is 8.93. The Hall–Kier alpha value is -1.87. The van der Waals surface area contributed by atoms with E-state index >= 15 is 0 Å². The van der Waals surface area contributed by atoms with Crippen molar-refractivity contribution in [1.29, 1.82) is 0 Å². The maximum Gasteiger partial charge on any atom is 0.415 e. The molecular weight excluding hydrogens is 354 g/mol. The van der Waals surface area contributed by atoms with Crippen LogP contribution in [-0.2, 0) is 14.3 Å². The zero-order valence-electron chi connectivity index (χ0n) is 13.6. The SMILES string of the molecule is COC(=O)C1CN(c2cc(F)c(C3CNCCCS3)c(F)c2)C(=O)O1. The predicted molar refractivity (Wildman–Crippen MR) is 88.7 cm³/mol. The monoisotopic (exact) mass is 372 g/mol. The number of nitrogens with one attached hydrogen (secondary N) is 1. The lowest BCUT2D eigenvalue weighted by molar-refractivity contribution is -0.148. The normalized spacial score (nSPS) is 24.0. The molecule has 0 spiro atoms. The predicted octanol–water partition coefficient (Wildman–Crippen LogP) is 2.23. The van der Waals surface area contributed by atoms with Gasteiger partial charge >= 0.3 is 12.1 Å². The molecule has 2 atom stereocenters. The Morgan fingerprint density at radius 1 is 1.40 bits per heavy atom. The number of ether oxygens (including phenoxy) is 2. The molecule has 136 valence electrons. The number of anilines is 1. The molecule has 0 saturated carbocycles. The summed E-state index contributed by atoms with van der Waals surface area (Å²) >= 11 is 1.50. The first-order chi connectivity index (χ1) is 12.0. The Balaban J connectivity index is 1.84. The van der Waals surface area contributed by atoms with Crippen LogP contribution in [0.15, 0.2) is 12.1 Å². The molecule has 6 nitrogen and oxygen atoms in total. The van der Waals surface area contributed by atoms with Gasteiger partial charge in [0.15, 0.2) is 0 Å². The number of halogens is 2. The van der Waals surface area contributed by atoms with Crippen LogP contribution >= 0.6 is 11.8 Å². The summed E-state index contributed by atoms with van der Waals surface area (Å²) in [6.07, 6.45) is -1.01. The molecule has 2 saturated heterocycles. The van der Waals surface area contributed by atoms with Gasteiger partial charge in [-0.1, -0.05) is 0 Å². The molecule has 0 radical (unpaired) electrons. The van der Waals surface area contributed by atoms with Gasteiger partial charge in [0.05, 0.1) is 19.3 Å². The van der Waals surface area contributed by atoms with E-state index in [0.717, 1.165) is 35.8 Å². The molecular formula is C16H18F2N2O4S.